The first-order valence-corrected chi connectivity index (χ1v) is 7.95. The summed E-state index contributed by atoms with van der Waals surface area (Å²) in [5, 5.41) is 13.5. The first-order chi connectivity index (χ1) is 12.6. The van der Waals surface area contributed by atoms with E-state index >= 15 is 0 Å². The second kappa shape index (κ2) is 7.94. The minimum Gasteiger partial charge on any atom is -0.487 e. The number of carbonyl (C=O) groups excluding carboxylic acids is 1. The summed E-state index contributed by atoms with van der Waals surface area (Å²) in [7, 11) is 0. The largest absolute Gasteiger partial charge is 0.487 e. The summed E-state index contributed by atoms with van der Waals surface area (Å²) in [4.78, 5) is 22.6. The van der Waals surface area contributed by atoms with Gasteiger partial charge in [0.2, 0.25) is 0 Å². The summed E-state index contributed by atoms with van der Waals surface area (Å²) in [5.41, 5.74) is 1.82. The number of ether oxygens (including phenoxy) is 1. The van der Waals surface area contributed by atoms with E-state index < -0.39 is 4.92 Å². The van der Waals surface area contributed by atoms with Crippen LogP contribution in [-0.4, -0.2) is 10.8 Å². The van der Waals surface area contributed by atoms with E-state index in [9.17, 15) is 14.9 Å². The molecule has 130 valence electrons. The van der Waals surface area contributed by atoms with Crippen molar-refractivity contribution >= 4 is 17.3 Å². The maximum absolute atomic E-state index is 12.4. The first kappa shape index (κ1) is 17.2. The normalized spacial score (nSPS) is 10.2. The molecule has 3 rings (SSSR count). The number of nitro groups is 1. The van der Waals surface area contributed by atoms with Crippen LogP contribution in [0.15, 0.2) is 78.9 Å². The molecule has 6 nitrogen and oxygen atoms in total. The molecule has 0 saturated carbocycles. The molecule has 6 heteroatoms. The molecular weight excluding hydrogens is 332 g/mol. The summed E-state index contributed by atoms with van der Waals surface area (Å²) in [5.74, 6) is 0.183. The highest BCUT2D eigenvalue weighted by molar-refractivity contribution is 6.05. The van der Waals surface area contributed by atoms with E-state index in [1.165, 1.54) is 24.3 Å². The predicted molar refractivity (Wildman–Crippen MR) is 98.3 cm³/mol. The molecular formula is C20H16N2O4. The highest BCUT2D eigenvalue weighted by atomic mass is 16.6. The second-order valence-electron chi connectivity index (χ2n) is 5.53. The summed E-state index contributed by atoms with van der Waals surface area (Å²) < 4.78 is 5.81. The third-order valence-corrected chi connectivity index (χ3v) is 3.71. The van der Waals surface area contributed by atoms with Crippen molar-refractivity contribution in [3.05, 3.63) is 100 Å². The van der Waals surface area contributed by atoms with E-state index in [2.05, 4.69) is 5.32 Å². The fraction of sp³-hybridized carbons (Fsp3) is 0.0500. The lowest BCUT2D eigenvalue weighted by Crippen LogP contribution is -2.13. The van der Waals surface area contributed by atoms with E-state index in [1.54, 1.807) is 18.2 Å². The number of hydrogen-bond donors (Lipinski definition) is 1. The average Bonchev–Trinajstić information content (AvgIpc) is 2.68. The Labute approximate surface area is 150 Å². The van der Waals surface area contributed by atoms with Gasteiger partial charge in [-0.15, -0.1) is 0 Å². The Morgan fingerprint density at radius 3 is 2.27 bits per heavy atom. The van der Waals surface area contributed by atoms with Crippen LogP contribution in [0.4, 0.5) is 11.4 Å². The van der Waals surface area contributed by atoms with E-state index in [0.29, 0.717) is 23.6 Å². The van der Waals surface area contributed by atoms with Crippen molar-refractivity contribution in [3.63, 3.8) is 0 Å². The number of hydrogen-bond acceptors (Lipinski definition) is 4. The Morgan fingerprint density at radius 2 is 1.58 bits per heavy atom. The number of non-ortho nitro benzene ring substituents is 1. The molecule has 0 aromatic heterocycles. The number of nitrogens with zero attached hydrogens (tertiary/aromatic N) is 1. The molecule has 0 radical (unpaired) electrons. The summed E-state index contributed by atoms with van der Waals surface area (Å²) in [6.45, 7) is 0.380. The summed E-state index contributed by atoms with van der Waals surface area (Å²) >= 11 is 0. The zero-order chi connectivity index (χ0) is 18.4. The molecule has 0 aliphatic heterocycles. The van der Waals surface area contributed by atoms with Crippen molar-refractivity contribution in [1.82, 2.24) is 0 Å². The van der Waals surface area contributed by atoms with Gasteiger partial charge in [-0.05, 0) is 29.8 Å². The van der Waals surface area contributed by atoms with Gasteiger partial charge in [0.1, 0.15) is 12.4 Å². The Balaban J connectivity index is 1.71. The van der Waals surface area contributed by atoms with Crippen LogP contribution in [0, 0.1) is 10.1 Å². The van der Waals surface area contributed by atoms with Gasteiger partial charge in [-0.3, -0.25) is 14.9 Å². The fourth-order valence-electron chi connectivity index (χ4n) is 2.36. The fourth-order valence-corrected chi connectivity index (χ4v) is 2.36. The number of benzene rings is 3. The molecule has 3 aromatic rings. The highest BCUT2D eigenvalue weighted by Gasteiger charge is 2.12. The van der Waals surface area contributed by atoms with Crippen molar-refractivity contribution in [2.45, 2.75) is 6.61 Å². The number of amides is 1. The van der Waals surface area contributed by atoms with Crippen LogP contribution in [0.2, 0.25) is 0 Å². The van der Waals surface area contributed by atoms with Crippen molar-refractivity contribution < 1.29 is 14.5 Å². The monoisotopic (exact) mass is 348 g/mol. The number of carbonyl (C=O) groups is 1. The van der Waals surface area contributed by atoms with Gasteiger partial charge in [-0.25, -0.2) is 0 Å². The van der Waals surface area contributed by atoms with E-state index in [1.807, 2.05) is 36.4 Å². The quantitative estimate of drug-likeness (QED) is 0.528. The first-order valence-electron chi connectivity index (χ1n) is 7.95. The number of para-hydroxylation sites is 2. The molecule has 0 aliphatic carbocycles. The minimum absolute atomic E-state index is 0.0619. The van der Waals surface area contributed by atoms with E-state index in [4.69, 9.17) is 4.74 Å². The van der Waals surface area contributed by atoms with Crippen molar-refractivity contribution in [3.8, 4) is 5.75 Å². The maximum atomic E-state index is 12.4. The van der Waals surface area contributed by atoms with Crippen LogP contribution < -0.4 is 10.1 Å². The number of anilines is 1. The van der Waals surface area contributed by atoms with Crippen LogP contribution in [0.3, 0.4) is 0 Å². The third-order valence-electron chi connectivity index (χ3n) is 3.71. The zero-order valence-corrected chi connectivity index (χ0v) is 13.8. The van der Waals surface area contributed by atoms with Crippen LogP contribution in [0.5, 0.6) is 5.75 Å². The van der Waals surface area contributed by atoms with Crippen molar-refractivity contribution in [1.29, 1.82) is 0 Å². The van der Waals surface area contributed by atoms with Gasteiger partial charge < -0.3 is 10.1 Å². The van der Waals surface area contributed by atoms with Gasteiger partial charge in [-0.2, -0.15) is 0 Å². The average molecular weight is 348 g/mol. The van der Waals surface area contributed by atoms with E-state index in [-0.39, 0.29) is 11.6 Å². The van der Waals surface area contributed by atoms with Crippen LogP contribution in [0.25, 0.3) is 0 Å². The van der Waals surface area contributed by atoms with Crippen LogP contribution in [0.1, 0.15) is 15.9 Å². The van der Waals surface area contributed by atoms with Crippen molar-refractivity contribution in [2.75, 3.05) is 5.32 Å². The van der Waals surface area contributed by atoms with Gasteiger partial charge in [-0.1, -0.05) is 42.5 Å². The molecule has 0 spiro atoms. The van der Waals surface area contributed by atoms with Gasteiger partial charge in [0, 0.05) is 17.7 Å². The molecule has 26 heavy (non-hydrogen) atoms. The van der Waals surface area contributed by atoms with Gasteiger partial charge in [0.15, 0.2) is 0 Å². The molecule has 0 heterocycles. The molecule has 0 atom stereocenters. The Bertz CT molecular complexity index is 909. The second-order valence-corrected chi connectivity index (χ2v) is 5.53. The maximum Gasteiger partial charge on any atom is 0.269 e. The van der Waals surface area contributed by atoms with E-state index in [0.717, 1.165) is 5.56 Å². The minimum atomic E-state index is -0.506. The Morgan fingerprint density at radius 1 is 0.923 bits per heavy atom. The standard InChI is InChI=1S/C20H16N2O4/c23-20(16-10-12-17(13-11-16)22(24)25)21-18-8-4-5-9-19(18)26-14-15-6-2-1-3-7-15/h1-13H,14H2,(H,21,23). The molecule has 1 amide bonds. The van der Waals surface area contributed by atoms with Crippen LogP contribution in [-0.2, 0) is 6.61 Å². The van der Waals surface area contributed by atoms with Crippen LogP contribution >= 0.6 is 0 Å². The summed E-state index contributed by atoms with van der Waals surface area (Å²) in [6.07, 6.45) is 0. The predicted octanol–water partition coefficient (Wildman–Crippen LogP) is 4.43. The lowest BCUT2D eigenvalue weighted by Gasteiger charge is -2.12. The molecule has 0 saturated heterocycles. The smallest absolute Gasteiger partial charge is 0.269 e. The number of rotatable bonds is 6. The van der Waals surface area contributed by atoms with Crippen molar-refractivity contribution in [2.24, 2.45) is 0 Å². The third kappa shape index (κ3) is 4.24. The SMILES string of the molecule is O=C(Nc1ccccc1OCc1ccccc1)c1ccc([N+](=O)[O-])cc1. The molecule has 0 aliphatic rings. The van der Waals surface area contributed by atoms with Gasteiger partial charge >= 0.3 is 0 Å². The number of nitro benzene ring substituents is 1. The lowest BCUT2D eigenvalue weighted by molar-refractivity contribution is -0.384. The Kier molecular flexibility index (Phi) is 5.24. The molecule has 0 unspecified atom stereocenters. The Hall–Kier alpha value is -3.67. The number of nitrogens with one attached hydrogen (secondary N) is 1. The van der Waals surface area contributed by atoms with Gasteiger partial charge in [0.05, 0.1) is 10.6 Å². The molecule has 0 bridgehead atoms. The zero-order valence-electron chi connectivity index (χ0n) is 13.8. The topological polar surface area (TPSA) is 81.5 Å². The lowest BCUT2D eigenvalue weighted by atomic mass is 10.2. The van der Waals surface area contributed by atoms with Gasteiger partial charge in [0.25, 0.3) is 11.6 Å². The summed E-state index contributed by atoms with van der Waals surface area (Å²) in [6, 6.07) is 22.3. The highest BCUT2D eigenvalue weighted by Crippen LogP contribution is 2.25. The molecule has 0 fully saturated rings. The molecule has 3 aromatic carbocycles. The molecule has 1 N–H and O–H groups in total.